The molecule has 4 aliphatic rings. The Morgan fingerprint density at radius 1 is 0.616 bits per heavy atom. The zero-order valence-electron chi connectivity index (χ0n) is 53.2. The number of rotatable bonds is 31. The van der Waals surface area contributed by atoms with Gasteiger partial charge in [-0.1, -0.05) is 35.4 Å². The van der Waals surface area contributed by atoms with Gasteiger partial charge in [-0.3, -0.25) is 66.5 Å². The first-order chi connectivity index (χ1) is 46.2. The summed E-state index contributed by atoms with van der Waals surface area (Å²) < 4.78 is 112. The molecule has 0 saturated carbocycles. The zero-order chi connectivity index (χ0) is 72.6. The van der Waals surface area contributed by atoms with Crippen LogP contribution in [0, 0.1) is 20.8 Å². The minimum absolute atomic E-state index is 0.0000524. The number of imidazole rings is 1. The number of anilines is 1. The Labute approximate surface area is 584 Å². The Morgan fingerprint density at radius 2 is 1.07 bits per heavy atom. The average molecular weight is 1590 g/mol. The van der Waals surface area contributed by atoms with Crippen LogP contribution in [0.15, 0.2) is 58.5 Å². The SMILES string of the molecule is COC1[C@@H](OP([O-])(=S)OCCCO)[C@@H](COP(O)(=S)O[C@@H]2C(OC)[C@H](n3cc(C)c(=O)[nH]c3=O)O[C@@H]2COP(=O)([S-])O[C@@H]2C[C@H](n3cc(C)c(=O)[nH]c3=O)O[C@@H]2COP([O-])(=S)O[C@@H]2C[C@H](n3cnc4c(=O)[nH]c(N)nc43)O[C@@H]2COP([O-])(=S)OC(C)(C)C)O[C@H]1n1cc(C)c(=O)[nH]c1=O. The van der Waals surface area contributed by atoms with E-state index >= 15 is 0 Å². The Morgan fingerprint density at radius 3 is 1.59 bits per heavy atom. The molecule has 4 saturated heterocycles. The molecule has 5 aromatic heterocycles. The quantitative estimate of drug-likeness (QED) is 0.0145. The van der Waals surface area contributed by atoms with Crippen LogP contribution in [0.2, 0.25) is 0 Å². The number of nitrogens with two attached hydrogens (primary N) is 1. The van der Waals surface area contributed by atoms with Crippen molar-refractivity contribution in [1.82, 2.24) is 48.2 Å². The summed E-state index contributed by atoms with van der Waals surface area (Å²) in [6.07, 6.45) is -16.7. The molecule has 4 fully saturated rings. The van der Waals surface area contributed by atoms with Gasteiger partial charge in [-0.15, -0.1) is 0 Å². The number of aryl methyl sites for hydroxylation is 3. The molecule has 0 bridgehead atoms. The van der Waals surface area contributed by atoms with Gasteiger partial charge >= 0.3 is 23.8 Å². The predicted octanol–water partition coefficient (Wildman–Crippen LogP) is -1.88. The molecule has 99 heavy (non-hydrogen) atoms. The molecule has 0 aromatic carbocycles. The van der Waals surface area contributed by atoms with Crippen LogP contribution >= 0.6 is 33.7 Å². The highest BCUT2D eigenvalue weighted by molar-refractivity contribution is 8.32. The Hall–Kier alpha value is -3.47. The Balaban J connectivity index is 0.955. The largest absolute Gasteiger partial charge is 0.780 e. The molecule has 552 valence electrons. The number of ether oxygens (including phenoxy) is 6. The van der Waals surface area contributed by atoms with Crippen LogP contribution in [0.4, 0.5) is 5.95 Å². The Bertz CT molecular complexity index is 4470. The zero-order valence-corrected chi connectivity index (χ0v) is 61.8. The van der Waals surface area contributed by atoms with E-state index in [2.05, 4.69) is 29.9 Å². The molecule has 5 aromatic rings. The van der Waals surface area contributed by atoms with Crippen molar-refractivity contribution in [2.45, 2.75) is 152 Å². The van der Waals surface area contributed by atoms with Crippen LogP contribution in [0.3, 0.4) is 0 Å². The van der Waals surface area contributed by atoms with E-state index in [1.807, 2.05) is 0 Å². The lowest BCUT2D eigenvalue weighted by Crippen LogP contribution is -2.41. The van der Waals surface area contributed by atoms with E-state index in [1.165, 1.54) is 38.8 Å². The fourth-order valence-corrected chi connectivity index (χ4v) is 18.4. The summed E-state index contributed by atoms with van der Waals surface area (Å²) in [7, 11) is 2.32. The molecule has 9 rings (SSSR count). The molecule has 9 heterocycles. The maximum absolute atomic E-state index is 14.7. The van der Waals surface area contributed by atoms with Crippen LogP contribution in [0.5, 0.6) is 0 Å². The first-order valence-electron chi connectivity index (χ1n) is 29.4. The minimum atomic E-state index is -4.98. The number of aliphatic hydroxyl groups is 1. The fraction of sp³-hybridized carbons (Fsp3) is 0.653. The second kappa shape index (κ2) is 32.1. The van der Waals surface area contributed by atoms with Crippen molar-refractivity contribution in [2.75, 3.05) is 59.6 Å². The van der Waals surface area contributed by atoms with Gasteiger partial charge in [0.25, 0.3) is 22.2 Å². The monoisotopic (exact) mass is 1590 g/mol. The molecular formula is C49H68N11O29P5S5-4. The highest BCUT2D eigenvalue weighted by Crippen LogP contribution is 2.55. The number of H-pyrrole nitrogens is 4. The van der Waals surface area contributed by atoms with Crippen molar-refractivity contribution in [2.24, 2.45) is 0 Å². The number of aromatic nitrogens is 10. The van der Waals surface area contributed by atoms with Crippen LogP contribution in [0.25, 0.3) is 11.2 Å². The second-order valence-electron chi connectivity index (χ2n) is 23.5. The third kappa shape index (κ3) is 19.9. The maximum atomic E-state index is 14.7. The molecule has 50 heteroatoms. The van der Waals surface area contributed by atoms with Crippen LogP contribution in [-0.4, -0.2) is 179 Å². The summed E-state index contributed by atoms with van der Waals surface area (Å²) in [6, 6.07) is 0. The van der Waals surface area contributed by atoms with E-state index in [4.69, 9.17) is 139 Å². The lowest BCUT2D eigenvalue weighted by molar-refractivity contribution is -0.220. The molecule has 7 unspecified atom stereocenters. The third-order valence-corrected chi connectivity index (χ3v) is 23.1. The van der Waals surface area contributed by atoms with Gasteiger partial charge in [0.15, 0.2) is 30.4 Å². The first-order valence-corrected chi connectivity index (χ1v) is 42.2. The predicted molar refractivity (Wildman–Crippen MR) is 353 cm³/mol. The standard InChI is InChI=1S/C49H72N11O29P5S5/c1-22-14-57(46(66)54-39(22)62)31-12-25(27(81-31)17-77-91(70,96)86-26-13-32(60-21-51-33-38(60)52-45(50)53-42(33)65)82-28(26)18-80-94(73,99)89-49(4,5)6)85-92(71,97)78-19-29-35(37(75-8)44(83-29)59-16-24(3)41(64)56-48(59)68)88-93(72,98)79-20-30-34(87-90(69,95)76-11-9-10-61)36(74-7)43(84-30)58-15-23(2)40(63)55-47(58)67/h14-16,21,25-32,34-37,43-44,61H,9-13,17-20H2,1-8H3,(H,69,95)(H,70,96)(H,71,97)(H,72,98)(H,73,99)(H,54,62,66)(H,55,63,67)(H,56,64,68)(H3,50,52,53,65)/p-4/t25-,26-,27-,28-,29-,30-,31-,32-,34+,35+,36?,37?,43-,44-,90?,91?,92?,93?,94?/m1/s1. The summed E-state index contributed by atoms with van der Waals surface area (Å²) in [5, 5.41) is 9.31. The van der Waals surface area contributed by atoms with Crippen LogP contribution < -0.4 is 59.7 Å². The van der Waals surface area contributed by atoms with Gasteiger partial charge in [-0.2, -0.15) is 4.98 Å². The fourth-order valence-electron chi connectivity index (χ4n) is 10.7. The van der Waals surface area contributed by atoms with Crippen molar-refractivity contribution in [1.29, 1.82) is 0 Å². The number of nitrogens with one attached hydrogen (secondary N) is 4. The topological polar surface area (TPSA) is 529 Å². The van der Waals surface area contributed by atoms with Crippen molar-refractivity contribution in [3.8, 4) is 0 Å². The van der Waals surface area contributed by atoms with E-state index in [0.717, 1.165) is 39.4 Å². The summed E-state index contributed by atoms with van der Waals surface area (Å²) in [6.45, 7) is -18.3. The lowest BCUT2D eigenvalue weighted by Gasteiger charge is -2.36. The molecule has 40 nitrogen and oxygen atoms in total. The van der Waals surface area contributed by atoms with Gasteiger partial charge < -0.3 is 112 Å². The number of hydrogen-bond donors (Lipinski definition) is 7. The van der Waals surface area contributed by atoms with Crippen molar-refractivity contribution in [3.05, 3.63) is 114 Å². The van der Waals surface area contributed by atoms with E-state index in [9.17, 15) is 62.8 Å². The van der Waals surface area contributed by atoms with Crippen LogP contribution in [-0.2, 0) is 138 Å². The number of hydrogen-bond acceptors (Lipinski definition) is 36. The number of aliphatic hydroxyl groups excluding tert-OH is 1. The third-order valence-electron chi connectivity index (χ3n) is 15.1. The van der Waals surface area contributed by atoms with Gasteiger partial charge in [-0.25, -0.2) is 19.4 Å². The van der Waals surface area contributed by atoms with E-state index < -0.39 is 197 Å². The highest BCUT2D eigenvalue weighted by atomic mass is 32.7. The van der Waals surface area contributed by atoms with E-state index in [0.29, 0.717) is 0 Å². The Kier molecular flexibility index (Phi) is 25.8. The van der Waals surface area contributed by atoms with Crippen molar-refractivity contribution in [3.63, 3.8) is 0 Å². The number of aromatic amines is 4. The molecule has 4 aliphatic heterocycles. The number of fused-ring (bicyclic) bond motifs is 1. The summed E-state index contributed by atoms with van der Waals surface area (Å²) in [5.41, 5.74) is -1.11. The van der Waals surface area contributed by atoms with Gasteiger partial charge in [0.2, 0.25) is 5.95 Å². The van der Waals surface area contributed by atoms with E-state index in [1.54, 1.807) is 20.8 Å². The molecule has 8 N–H and O–H groups in total. The summed E-state index contributed by atoms with van der Waals surface area (Å²) >= 11 is 26.6. The highest BCUT2D eigenvalue weighted by Gasteiger charge is 2.53. The first kappa shape index (κ1) is 79.6. The molecule has 0 radical (unpaired) electrons. The van der Waals surface area contributed by atoms with Crippen LogP contribution in [0.1, 0.15) is 81.6 Å². The van der Waals surface area contributed by atoms with Crippen molar-refractivity contribution >= 4 is 110 Å². The lowest BCUT2D eigenvalue weighted by atomic mass is 10.1. The van der Waals surface area contributed by atoms with Gasteiger partial charge in [0, 0.05) is 68.9 Å². The average Bonchev–Trinajstić information content (AvgIpc) is 1.62. The smallest absolute Gasteiger partial charge is 0.330 e. The second-order valence-corrected chi connectivity index (χ2v) is 37.0. The molecule has 19 atom stereocenters. The van der Waals surface area contributed by atoms with Gasteiger partial charge in [-0.05, 0) is 59.8 Å². The summed E-state index contributed by atoms with van der Waals surface area (Å²) in [5.74, 6) is -0.264. The van der Waals surface area contributed by atoms with E-state index in [-0.39, 0.29) is 59.9 Å². The summed E-state index contributed by atoms with van der Waals surface area (Å²) in [4.78, 5) is 160. The molecule has 0 aliphatic carbocycles. The number of nitrogens with zero attached hydrogens (tertiary/aromatic N) is 6. The molecule has 0 spiro atoms. The normalized spacial score (nSPS) is 28.9. The van der Waals surface area contributed by atoms with Gasteiger partial charge in [0.1, 0.15) is 81.4 Å². The molecule has 0 amide bonds. The number of nitrogen functional groups attached to an aromatic ring is 1. The van der Waals surface area contributed by atoms with Crippen molar-refractivity contribution < 1.29 is 103 Å². The minimum Gasteiger partial charge on any atom is -0.780 e. The van der Waals surface area contributed by atoms with Gasteiger partial charge in [0.05, 0.1) is 57.2 Å². The maximum Gasteiger partial charge on any atom is 0.330 e. The number of methoxy groups -OCH3 is 2. The molecular weight excluding hydrogens is 1520 g/mol.